The maximum absolute atomic E-state index is 13.5. The Hall–Kier alpha value is -3.68. The van der Waals surface area contributed by atoms with Crippen LogP contribution in [0.25, 0.3) is 16.5 Å². The van der Waals surface area contributed by atoms with Crippen molar-refractivity contribution < 1.29 is 14.3 Å². The molecule has 8 heteroatoms. The van der Waals surface area contributed by atoms with Crippen molar-refractivity contribution in [3.8, 4) is 5.69 Å². The van der Waals surface area contributed by atoms with E-state index in [4.69, 9.17) is 21.4 Å². The zero-order valence-electron chi connectivity index (χ0n) is 22.2. The second-order valence-corrected chi connectivity index (χ2v) is 10.6. The summed E-state index contributed by atoms with van der Waals surface area (Å²) in [6.07, 6.45) is 0.606. The zero-order valence-corrected chi connectivity index (χ0v) is 23.0. The predicted octanol–water partition coefficient (Wildman–Crippen LogP) is 6.09. The largest absolute Gasteiger partial charge is 0.385 e. The highest BCUT2D eigenvalue weighted by Gasteiger charge is 2.24. The van der Waals surface area contributed by atoms with Crippen LogP contribution in [0.4, 0.5) is 5.82 Å². The van der Waals surface area contributed by atoms with Gasteiger partial charge in [-0.1, -0.05) is 74.8 Å². The van der Waals surface area contributed by atoms with Gasteiger partial charge in [0.1, 0.15) is 12.4 Å². The van der Waals surface area contributed by atoms with E-state index in [0.717, 1.165) is 16.5 Å². The van der Waals surface area contributed by atoms with E-state index in [-0.39, 0.29) is 23.8 Å². The Labute approximate surface area is 228 Å². The number of benzene rings is 3. The number of carbonyl (C=O) groups excluding carboxylic acids is 2. The maximum atomic E-state index is 13.5. The van der Waals surface area contributed by atoms with E-state index >= 15 is 0 Å². The quantitative estimate of drug-likeness (QED) is 0.264. The van der Waals surface area contributed by atoms with Gasteiger partial charge in [0.2, 0.25) is 5.91 Å². The van der Waals surface area contributed by atoms with Gasteiger partial charge >= 0.3 is 0 Å². The lowest BCUT2D eigenvalue weighted by Crippen LogP contribution is -2.39. The van der Waals surface area contributed by atoms with Crippen LogP contribution in [0, 0.1) is 0 Å². The minimum Gasteiger partial charge on any atom is -0.385 e. The molecule has 0 bridgehead atoms. The Kier molecular flexibility index (Phi) is 8.49. The molecule has 4 rings (SSSR count). The molecule has 0 saturated carbocycles. The molecule has 1 heterocycles. The van der Waals surface area contributed by atoms with Crippen molar-refractivity contribution in [2.24, 2.45) is 0 Å². The normalized spacial score (nSPS) is 11.5. The lowest BCUT2D eigenvalue weighted by Gasteiger charge is -2.22. The number of methoxy groups -OCH3 is 1. The molecule has 4 aromatic rings. The average molecular weight is 533 g/mol. The molecule has 0 saturated heterocycles. The fraction of sp³-hybridized carbons (Fsp3) is 0.300. The van der Waals surface area contributed by atoms with Gasteiger partial charge in [0.05, 0.1) is 16.4 Å². The van der Waals surface area contributed by atoms with Crippen molar-refractivity contribution in [3.05, 3.63) is 89.1 Å². The fourth-order valence-corrected chi connectivity index (χ4v) is 4.37. The molecular weight excluding hydrogens is 500 g/mol. The summed E-state index contributed by atoms with van der Waals surface area (Å²) in [4.78, 5) is 28.4. The van der Waals surface area contributed by atoms with Crippen LogP contribution in [0.3, 0.4) is 0 Å². The summed E-state index contributed by atoms with van der Waals surface area (Å²) in [6, 6.07) is 22.6. The number of amides is 2. The lowest BCUT2D eigenvalue weighted by atomic mass is 9.92. The first kappa shape index (κ1) is 27.4. The Balaban J connectivity index is 1.59. The first-order chi connectivity index (χ1) is 18.2. The fourth-order valence-electron chi connectivity index (χ4n) is 4.16. The van der Waals surface area contributed by atoms with Crippen LogP contribution in [0.15, 0.2) is 72.8 Å². The monoisotopic (exact) mass is 532 g/mol. The SMILES string of the molecule is COCCCN(CC(=O)Nc1cc(C(C)(C)C)nn1-c1ccccc1Cl)C(=O)c1ccc2ccccc2c1. The zero-order chi connectivity index (χ0) is 27.3. The van der Waals surface area contributed by atoms with E-state index in [0.29, 0.717) is 41.7 Å². The van der Waals surface area contributed by atoms with Crippen LogP contribution in [0.5, 0.6) is 0 Å². The van der Waals surface area contributed by atoms with Crippen LogP contribution in [-0.4, -0.2) is 53.3 Å². The highest BCUT2D eigenvalue weighted by atomic mass is 35.5. The summed E-state index contributed by atoms with van der Waals surface area (Å²) in [7, 11) is 1.62. The first-order valence-electron chi connectivity index (χ1n) is 12.6. The molecule has 1 N–H and O–H groups in total. The number of halogens is 1. The van der Waals surface area contributed by atoms with E-state index in [1.54, 1.807) is 28.8 Å². The van der Waals surface area contributed by atoms with Crippen molar-refractivity contribution >= 4 is 40.0 Å². The predicted molar refractivity (Wildman–Crippen MR) is 152 cm³/mol. The standard InChI is InChI=1S/C30H33ClN4O3/c1-30(2,3)26-19-27(35(33-26)25-13-8-7-12-24(25)31)32-28(36)20-34(16-9-17-38-4)29(37)23-15-14-21-10-5-6-11-22(21)18-23/h5-8,10-15,18-19H,9,16-17,20H2,1-4H3,(H,32,36). The second-order valence-electron chi connectivity index (χ2n) is 10.2. The Morgan fingerprint density at radius 3 is 2.42 bits per heavy atom. The number of para-hydroxylation sites is 1. The summed E-state index contributed by atoms with van der Waals surface area (Å²) >= 11 is 6.46. The molecule has 198 valence electrons. The molecule has 0 atom stereocenters. The Bertz CT molecular complexity index is 1440. The van der Waals surface area contributed by atoms with E-state index in [2.05, 4.69) is 26.1 Å². The number of hydrogen-bond acceptors (Lipinski definition) is 4. The van der Waals surface area contributed by atoms with Crippen molar-refractivity contribution in [1.82, 2.24) is 14.7 Å². The van der Waals surface area contributed by atoms with Gasteiger partial charge in [-0.25, -0.2) is 4.68 Å². The van der Waals surface area contributed by atoms with Crippen LogP contribution in [-0.2, 0) is 14.9 Å². The van der Waals surface area contributed by atoms with E-state index in [1.807, 2.05) is 60.7 Å². The van der Waals surface area contributed by atoms with Gasteiger partial charge in [-0.15, -0.1) is 0 Å². The third-order valence-corrected chi connectivity index (χ3v) is 6.54. The molecule has 3 aromatic carbocycles. The number of aromatic nitrogens is 2. The molecule has 7 nitrogen and oxygen atoms in total. The molecule has 1 aromatic heterocycles. The smallest absolute Gasteiger partial charge is 0.254 e. The van der Waals surface area contributed by atoms with Gasteiger partial charge in [0.25, 0.3) is 5.91 Å². The third kappa shape index (κ3) is 6.41. The van der Waals surface area contributed by atoms with Crippen LogP contribution >= 0.6 is 11.6 Å². The molecule has 0 radical (unpaired) electrons. The number of rotatable bonds is 9. The van der Waals surface area contributed by atoms with Gasteiger partial charge in [-0.05, 0) is 41.5 Å². The van der Waals surface area contributed by atoms with Crippen LogP contribution < -0.4 is 5.32 Å². The summed E-state index contributed by atoms with van der Waals surface area (Å²) in [5.74, 6) is -0.0507. The molecule has 0 fully saturated rings. The number of nitrogens with one attached hydrogen (secondary N) is 1. The first-order valence-corrected chi connectivity index (χ1v) is 13.0. The molecule has 0 spiro atoms. The van der Waals surface area contributed by atoms with Gasteiger partial charge < -0.3 is 15.0 Å². The van der Waals surface area contributed by atoms with Crippen molar-refractivity contribution in [1.29, 1.82) is 0 Å². The highest BCUT2D eigenvalue weighted by Crippen LogP contribution is 2.29. The second kappa shape index (κ2) is 11.8. The Morgan fingerprint density at radius 1 is 1.00 bits per heavy atom. The van der Waals surface area contributed by atoms with Crippen molar-refractivity contribution in [3.63, 3.8) is 0 Å². The topological polar surface area (TPSA) is 76.5 Å². The minimum absolute atomic E-state index is 0.117. The lowest BCUT2D eigenvalue weighted by molar-refractivity contribution is -0.117. The van der Waals surface area contributed by atoms with Crippen LogP contribution in [0.2, 0.25) is 5.02 Å². The Morgan fingerprint density at radius 2 is 1.71 bits per heavy atom. The number of carbonyl (C=O) groups is 2. The van der Waals surface area contributed by atoms with Crippen LogP contribution in [0.1, 0.15) is 43.2 Å². The summed E-state index contributed by atoms with van der Waals surface area (Å²) in [5, 5.41) is 10.2. The van der Waals surface area contributed by atoms with Crippen molar-refractivity contribution in [2.75, 3.05) is 32.1 Å². The molecule has 0 aliphatic rings. The minimum atomic E-state index is -0.329. The number of fused-ring (bicyclic) bond motifs is 1. The highest BCUT2D eigenvalue weighted by molar-refractivity contribution is 6.32. The van der Waals surface area contributed by atoms with Gasteiger partial charge in [0, 0.05) is 37.3 Å². The summed E-state index contributed by atoms with van der Waals surface area (Å²) < 4.78 is 6.82. The van der Waals surface area contributed by atoms with E-state index < -0.39 is 0 Å². The molecule has 0 aliphatic carbocycles. The molecule has 2 amide bonds. The summed E-state index contributed by atoms with van der Waals surface area (Å²) in [5.41, 5.74) is 1.75. The third-order valence-electron chi connectivity index (χ3n) is 6.22. The molecular formula is C30H33ClN4O3. The van der Waals surface area contributed by atoms with Gasteiger partial charge in [0.15, 0.2) is 0 Å². The average Bonchev–Trinajstić information content (AvgIpc) is 3.31. The van der Waals surface area contributed by atoms with Gasteiger partial charge in [-0.3, -0.25) is 9.59 Å². The number of anilines is 1. The maximum Gasteiger partial charge on any atom is 0.254 e. The molecule has 0 aliphatic heterocycles. The van der Waals surface area contributed by atoms with Gasteiger partial charge in [-0.2, -0.15) is 5.10 Å². The van der Waals surface area contributed by atoms with E-state index in [9.17, 15) is 9.59 Å². The van der Waals surface area contributed by atoms with E-state index in [1.165, 1.54) is 0 Å². The molecule has 0 unspecified atom stereocenters. The number of nitrogens with zero attached hydrogens (tertiary/aromatic N) is 3. The van der Waals surface area contributed by atoms with Crippen molar-refractivity contribution in [2.45, 2.75) is 32.6 Å². The number of hydrogen-bond donors (Lipinski definition) is 1. The molecule has 38 heavy (non-hydrogen) atoms. The number of ether oxygens (including phenoxy) is 1. The summed E-state index contributed by atoms with van der Waals surface area (Å²) in [6.45, 7) is 6.90.